The van der Waals surface area contributed by atoms with Crippen LogP contribution in [0.15, 0.2) is 45.5 Å². The van der Waals surface area contributed by atoms with E-state index in [1.54, 1.807) is 6.07 Å². The normalized spacial score (nSPS) is 11.6. The molecule has 84 valence electrons. The van der Waals surface area contributed by atoms with Crippen molar-refractivity contribution in [3.8, 4) is 0 Å². The lowest BCUT2D eigenvalue weighted by Gasteiger charge is -2.02. The van der Waals surface area contributed by atoms with Crippen LogP contribution >= 0.6 is 11.3 Å². The lowest BCUT2D eigenvalue weighted by atomic mass is 10.3. The fraction of sp³-hybridized carbons (Fsp3) is 0.0909. The van der Waals surface area contributed by atoms with Crippen LogP contribution in [0.25, 0.3) is 0 Å². The van der Waals surface area contributed by atoms with Crippen LogP contribution in [-0.4, -0.2) is 8.42 Å². The summed E-state index contributed by atoms with van der Waals surface area (Å²) >= 11 is 1.14. The molecule has 0 bridgehead atoms. The van der Waals surface area contributed by atoms with Gasteiger partial charge in [0.1, 0.15) is 14.9 Å². The lowest BCUT2D eigenvalue weighted by molar-refractivity contribution is 0.568. The first-order chi connectivity index (χ1) is 7.51. The molecule has 0 spiro atoms. The van der Waals surface area contributed by atoms with Crippen LogP contribution < -0.4 is 0 Å². The van der Waals surface area contributed by atoms with Gasteiger partial charge in [0.25, 0.3) is 0 Å². The Morgan fingerprint density at radius 3 is 2.38 bits per heavy atom. The van der Waals surface area contributed by atoms with Crippen molar-refractivity contribution in [3.05, 3.63) is 47.1 Å². The van der Waals surface area contributed by atoms with Crippen molar-refractivity contribution in [1.82, 2.24) is 0 Å². The van der Waals surface area contributed by atoms with Gasteiger partial charge in [-0.1, -0.05) is 12.1 Å². The maximum absolute atomic E-state index is 13.4. The Balaban J connectivity index is 2.60. The smallest absolute Gasteiger partial charge is 0.218 e. The van der Waals surface area contributed by atoms with E-state index in [9.17, 15) is 12.8 Å². The van der Waals surface area contributed by atoms with Crippen LogP contribution in [0, 0.1) is 12.7 Å². The maximum atomic E-state index is 13.4. The van der Waals surface area contributed by atoms with Gasteiger partial charge in [0.2, 0.25) is 9.84 Å². The molecular formula is C11H9FO2S2. The summed E-state index contributed by atoms with van der Waals surface area (Å²) in [7, 11) is -3.71. The van der Waals surface area contributed by atoms with Crippen molar-refractivity contribution in [3.63, 3.8) is 0 Å². The highest BCUT2D eigenvalue weighted by molar-refractivity contribution is 7.93. The minimum absolute atomic E-state index is 0.176. The maximum Gasteiger partial charge on any atom is 0.218 e. The molecule has 2 nitrogen and oxygen atoms in total. The average Bonchev–Trinajstić information content (AvgIpc) is 2.66. The highest BCUT2D eigenvalue weighted by atomic mass is 32.2. The zero-order valence-corrected chi connectivity index (χ0v) is 10.1. The third kappa shape index (κ3) is 1.88. The van der Waals surface area contributed by atoms with Gasteiger partial charge < -0.3 is 0 Å². The summed E-state index contributed by atoms with van der Waals surface area (Å²) in [6, 6.07) is 8.61. The molecule has 1 aromatic heterocycles. The Kier molecular flexibility index (Phi) is 2.82. The number of thiophene rings is 1. The molecule has 0 saturated heterocycles. The molecule has 0 fully saturated rings. The molecule has 0 aliphatic carbocycles. The summed E-state index contributed by atoms with van der Waals surface area (Å²) in [6.07, 6.45) is 0. The first kappa shape index (κ1) is 11.3. The van der Waals surface area contributed by atoms with Crippen LogP contribution in [0.1, 0.15) is 4.88 Å². The predicted molar refractivity (Wildman–Crippen MR) is 60.9 cm³/mol. The first-order valence-electron chi connectivity index (χ1n) is 4.58. The molecule has 0 unspecified atom stereocenters. The molecule has 2 rings (SSSR count). The topological polar surface area (TPSA) is 34.1 Å². The zero-order valence-electron chi connectivity index (χ0n) is 8.48. The summed E-state index contributed by atoms with van der Waals surface area (Å²) in [5, 5.41) is 0. The molecule has 5 heteroatoms. The standard InChI is InChI=1S/C11H9FO2S2/c1-8-6-7-11(15-8)16(13,14)10-5-3-2-4-9(10)12/h2-7H,1H3. The van der Waals surface area contributed by atoms with Gasteiger partial charge in [0.15, 0.2) is 0 Å². The van der Waals surface area contributed by atoms with E-state index in [0.717, 1.165) is 22.3 Å². The van der Waals surface area contributed by atoms with E-state index >= 15 is 0 Å². The van der Waals surface area contributed by atoms with Crippen molar-refractivity contribution < 1.29 is 12.8 Å². The molecule has 1 aromatic carbocycles. The highest BCUT2D eigenvalue weighted by Crippen LogP contribution is 2.28. The number of rotatable bonds is 2. The van der Waals surface area contributed by atoms with Crippen molar-refractivity contribution in [2.24, 2.45) is 0 Å². The van der Waals surface area contributed by atoms with Crippen molar-refractivity contribution >= 4 is 21.2 Å². The number of hydrogen-bond acceptors (Lipinski definition) is 3. The average molecular weight is 256 g/mol. The summed E-state index contributed by atoms with van der Waals surface area (Å²) < 4.78 is 37.7. The van der Waals surface area contributed by atoms with Crippen molar-refractivity contribution in [2.75, 3.05) is 0 Å². The van der Waals surface area contributed by atoms with Gasteiger partial charge in [-0.3, -0.25) is 0 Å². The summed E-state index contributed by atoms with van der Waals surface area (Å²) in [4.78, 5) is 0.617. The second kappa shape index (κ2) is 3.99. The van der Waals surface area contributed by atoms with Gasteiger partial charge in [0.05, 0.1) is 0 Å². The number of benzene rings is 1. The predicted octanol–water partition coefficient (Wildman–Crippen LogP) is 3.03. The number of halogens is 1. The minimum Gasteiger partial charge on any atom is -0.218 e. The molecular weight excluding hydrogens is 247 g/mol. The first-order valence-corrected chi connectivity index (χ1v) is 6.88. The molecule has 0 aliphatic heterocycles. The van der Waals surface area contributed by atoms with Gasteiger partial charge >= 0.3 is 0 Å². The Hall–Kier alpha value is -1.20. The van der Waals surface area contributed by atoms with Gasteiger partial charge in [-0.25, -0.2) is 12.8 Å². The van der Waals surface area contributed by atoms with E-state index < -0.39 is 15.7 Å². The summed E-state index contributed by atoms with van der Waals surface area (Å²) in [6.45, 7) is 1.81. The highest BCUT2D eigenvalue weighted by Gasteiger charge is 2.22. The van der Waals surface area contributed by atoms with Crippen LogP contribution in [0.2, 0.25) is 0 Å². The summed E-state index contributed by atoms with van der Waals surface area (Å²) in [5.41, 5.74) is 0. The SMILES string of the molecule is Cc1ccc(S(=O)(=O)c2ccccc2F)s1. The van der Waals surface area contributed by atoms with Gasteiger partial charge in [0, 0.05) is 4.88 Å². The molecule has 16 heavy (non-hydrogen) atoms. The molecule has 0 radical (unpaired) electrons. The van der Waals surface area contributed by atoms with Crippen LogP contribution in [0.5, 0.6) is 0 Å². The van der Waals surface area contributed by atoms with E-state index in [0.29, 0.717) is 0 Å². The van der Waals surface area contributed by atoms with E-state index in [1.807, 2.05) is 6.92 Å². The van der Waals surface area contributed by atoms with Gasteiger partial charge in [-0.2, -0.15) is 0 Å². The van der Waals surface area contributed by atoms with Crippen molar-refractivity contribution in [2.45, 2.75) is 16.0 Å². The third-order valence-electron chi connectivity index (χ3n) is 2.11. The monoisotopic (exact) mass is 256 g/mol. The molecule has 1 heterocycles. The molecule has 2 aromatic rings. The fourth-order valence-corrected chi connectivity index (χ4v) is 4.07. The second-order valence-corrected chi connectivity index (χ2v) is 6.73. The largest absolute Gasteiger partial charge is 0.218 e. The summed E-state index contributed by atoms with van der Waals surface area (Å²) in [5.74, 6) is -0.714. The molecule has 0 amide bonds. The van der Waals surface area contributed by atoms with Crippen LogP contribution in [-0.2, 0) is 9.84 Å². The van der Waals surface area contributed by atoms with Gasteiger partial charge in [-0.05, 0) is 31.2 Å². The number of aryl methyl sites for hydroxylation is 1. The van der Waals surface area contributed by atoms with E-state index in [2.05, 4.69) is 0 Å². The molecule has 0 aliphatic rings. The number of sulfone groups is 1. The Morgan fingerprint density at radius 1 is 1.12 bits per heavy atom. The van der Waals surface area contributed by atoms with E-state index in [4.69, 9.17) is 0 Å². The fourth-order valence-electron chi connectivity index (χ4n) is 1.33. The van der Waals surface area contributed by atoms with Crippen LogP contribution in [0.4, 0.5) is 4.39 Å². The molecule has 0 saturated carbocycles. The Bertz CT molecular complexity index is 614. The lowest BCUT2D eigenvalue weighted by Crippen LogP contribution is -2.02. The minimum atomic E-state index is -3.71. The molecule has 0 atom stereocenters. The van der Waals surface area contributed by atoms with E-state index in [-0.39, 0.29) is 9.10 Å². The van der Waals surface area contributed by atoms with Crippen molar-refractivity contribution in [1.29, 1.82) is 0 Å². The zero-order chi connectivity index (χ0) is 11.8. The Morgan fingerprint density at radius 2 is 1.81 bits per heavy atom. The third-order valence-corrected chi connectivity index (χ3v) is 5.39. The molecule has 0 N–H and O–H groups in total. The van der Waals surface area contributed by atoms with E-state index in [1.165, 1.54) is 24.3 Å². The number of hydrogen-bond donors (Lipinski definition) is 0. The van der Waals surface area contributed by atoms with Crippen LogP contribution in [0.3, 0.4) is 0 Å². The second-order valence-electron chi connectivity index (χ2n) is 3.30. The van der Waals surface area contributed by atoms with Gasteiger partial charge in [-0.15, -0.1) is 11.3 Å². The quantitative estimate of drug-likeness (QED) is 0.827. The Labute approximate surface area is 97.3 Å².